The maximum Gasteiger partial charge on any atom is 0.360 e. The van der Waals surface area contributed by atoms with Crippen molar-refractivity contribution in [1.82, 2.24) is 0 Å². The second-order valence-corrected chi connectivity index (χ2v) is 16.3. The molecule has 1 atom stereocenters. The average Bonchev–Trinajstić information content (AvgIpc) is 2.96. The Kier molecular flexibility index (Phi) is 9.32. The molecule has 0 amide bonds. The summed E-state index contributed by atoms with van der Waals surface area (Å²) in [5.41, 5.74) is 1.41. The minimum Gasteiger partial charge on any atom is -0.461 e. The van der Waals surface area contributed by atoms with Crippen LogP contribution in [0.25, 0.3) is 29.2 Å². The minimum absolute atomic E-state index is 0.165. The maximum atomic E-state index is 13.4. The van der Waals surface area contributed by atoms with E-state index in [2.05, 4.69) is 105 Å². The number of halogens is 4. The molecule has 0 N–H and O–H groups in total. The first-order chi connectivity index (χ1) is 20.5. The summed E-state index contributed by atoms with van der Waals surface area (Å²) in [4.78, 5) is 26.8. The van der Waals surface area contributed by atoms with Crippen LogP contribution < -0.4 is 21.3 Å². The Balaban J connectivity index is 1.59. The maximum absolute atomic E-state index is 13.4. The van der Waals surface area contributed by atoms with Crippen LogP contribution >= 0.6 is 63.7 Å². The van der Waals surface area contributed by atoms with Crippen molar-refractivity contribution in [3.63, 3.8) is 0 Å². The molecule has 226 valence electrons. The van der Waals surface area contributed by atoms with Gasteiger partial charge in [-0.2, -0.15) is 0 Å². The number of hydrogen-bond donors (Lipinski definition) is 0. The van der Waals surface area contributed by atoms with E-state index in [0.29, 0.717) is 11.5 Å². The van der Waals surface area contributed by atoms with Gasteiger partial charge in [-0.1, -0.05) is 32.9 Å². The lowest BCUT2D eigenvalue weighted by Gasteiger charge is -2.29. The molecule has 1 aromatic heterocycles. The molecular weight excluding hydrogens is 816 g/mol. The van der Waals surface area contributed by atoms with Crippen LogP contribution in [-0.4, -0.2) is 0 Å². The molecule has 0 fully saturated rings. The van der Waals surface area contributed by atoms with Crippen LogP contribution in [0.1, 0.15) is 58.4 Å². The fourth-order valence-electron chi connectivity index (χ4n) is 4.73. The lowest BCUT2D eigenvalue weighted by Crippen LogP contribution is -2.64. The highest BCUT2D eigenvalue weighted by Gasteiger charge is 2.30. The van der Waals surface area contributed by atoms with Crippen molar-refractivity contribution in [2.24, 2.45) is 11.3 Å². The quantitative estimate of drug-likeness (QED) is 0.192. The van der Waals surface area contributed by atoms with Crippen LogP contribution in [0.4, 0.5) is 0 Å². The fourth-order valence-corrected chi connectivity index (χ4v) is 5.98. The van der Waals surface area contributed by atoms with Gasteiger partial charge in [0.15, 0.2) is 0 Å². The van der Waals surface area contributed by atoms with Crippen LogP contribution in [0.5, 0.6) is 0 Å². The average molecular weight is 847 g/mol. The molecule has 0 saturated heterocycles. The predicted molar refractivity (Wildman–Crippen MR) is 193 cm³/mol. The molecular formula is C36H31Br4O4+. The van der Waals surface area contributed by atoms with E-state index in [9.17, 15) is 9.59 Å². The first-order valence-corrected chi connectivity index (χ1v) is 17.2. The summed E-state index contributed by atoms with van der Waals surface area (Å²) in [6.07, 6.45) is 7.34. The van der Waals surface area contributed by atoms with Gasteiger partial charge < -0.3 is 4.74 Å². The zero-order valence-electron chi connectivity index (χ0n) is 25.2. The van der Waals surface area contributed by atoms with Gasteiger partial charge in [-0.25, -0.2) is 4.42 Å². The highest BCUT2D eigenvalue weighted by molar-refractivity contribution is 9.13. The largest absolute Gasteiger partial charge is 0.461 e. The Bertz CT molecular complexity index is 2020. The topological polar surface area (TPSA) is 54.7 Å². The van der Waals surface area contributed by atoms with Crippen molar-refractivity contribution in [2.75, 3.05) is 0 Å². The number of allylic oxidation sites excluding steroid dienone is 3. The lowest BCUT2D eigenvalue weighted by atomic mass is 9.88. The summed E-state index contributed by atoms with van der Waals surface area (Å²) in [5, 5.41) is 0.354. The van der Waals surface area contributed by atoms with Gasteiger partial charge in [-0.05, 0) is 139 Å². The van der Waals surface area contributed by atoms with E-state index in [-0.39, 0.29) is 38.0 Å². The molecule has 4 aromatic rings. The van der Waals surface area contributed by atoms with Gasteiger partial charge in [-0.3, -0.25) is 9.59 Å². The third kappa shape index (κ3) is 7.04. The fraction of sp³-hybridized carbons (Fsp3) is 0.250. The molecule has 0 saturated carbocycles. The number of ether oxygens (including phenoxy) is 1. The Morgan fingerprint density at radius 3 is 1.86 bits per heavy atom. The molecule has 0 spiro atoms. The minimum atomic E-state index is -0.289. The van der Waals surface area contributed by atoms with Gasteiger partial charge >= 0.3 is 11.5 Å². The Morgan fingerprint density at radius 1 is 0.705 bits per heavy atom. The standard InChI is InChI=1S/C36H31Br4O4/c1-35(2,3)31-15-19(13-29(43-31)21-7-9-25(37)27(39)17-21)11-23-33(41)24(34(23)42)12-20-14-30(44-32(16-20)36(4,5)6)22-8-10-26(38)28(40)18-22/h7-19H,1-6H3/q+1. The van der Waals surface area contributed by atoms with E-state index in [1.165, 1.54) is 0 Å². The van der Waals surface area contributed by atoms with Crippen LogP contribution in [0.2, 0.25) is 0 Å². The molecule has 1 unspecified atom stereocenters. The summed E-state index contributed by atoms with van der Waals surface area (Å²) in [6.45, 7) is 12.4. The molecule has 3 aromatic carbocycles. The number of benzene rings is 2. The normalized spacial score (nSPS) is 15.5. The summed E-state index contributed by atoms with van der Waals surface area (Å²) < 4.78 is 16.3. The molecule has 8 heteroatoms. The summed E-state index contributed by atoms with van der Waals surface area (Å²) in [6, 6.07) is 15.5. The first kappa shape index (κ1) is 33.0. The van der Waals surface area contributed by atoms with Crippen molar-refractivity contribution < 1.29 is 9.15 Å². The van der Waals surface area contributed by atoms with E-state index < -0.39 is 0 Å². The van der Waals surface area contributed by atoms with Crippen LogP contribution in [0, 0.1) is 11.3 Å². The van der Waals surface area contributed by atoms with Crippen LogP contribution in [-0.2, 0) is 10.2 Å². The Labute approximate surface area is 290 Å². The molecule has 1 aliphatic rings. The Morgan fingerprint density at radius 2 is 1.30 bits per heavy atom. The van der Waals surface area contributed by atoms with Gasteiger partial charge in [0.25, 0.3) is 0 Å². The van der Waals surface area contributed by atoms with Crippen molar-refractivity contribution >= 4 is 81.6 Å². The second-order valence-electron chi connectivity index (χ2n) is 12.9. The molecule has 0 radical (unpaired) electrons. The van der Waals surface area contributed by atoms with Crippen molar-refractivity contribution in [3.8, 4) is 11.3 Å². The third-order valence-corrected chi connectivity index (χ3v) is 11.0. The molecule has 2 heterocycles. The second kappa shape index (κ2) is 12.4. The predicted octanol–water partition coefficient (Wildman–Crippen LogP) is 9.40. The summed E-state index contributed by atoms with van der Waals surface area (Å²) in [5.74, 6) is 2.56. The van der Waals surface area contributed by atoms with Crippen molar-refractivity contribution in [1.29, 1.82) is 0 Å². The van der Waals surface area contributed by atoms with Gasteiger partial charge in [0, 0.05) is 40.9 Å². The first-order valence-electron chi connectivity index (χ1n) is 14.1. The zero-order valence-corrected chi connectivity index (χ0v) is 31.5. The SMILES string of the molecule is CC(C)(C)C1=CC(C=c2c(=O)c(=Cc3cc(-c4ccc(Br)c(Br)c4)[o+]c(C(C)(C)C)c3)c2=O)C=C(c2ccc(Br)c(Br)c2)O1. The lowest BCUT2D eigenvalue weighted by molar-refractivity contribution is 0.257. The monoisotopic (exact) mass is 843 g/mol. The Hall–Kier alpha value is -2.39. The number of rotatable bonds is 4. The summed E-state index contributed by atoms with van der Waals surface area (Å²) >= 11 is 14.2. The van der Waals surface area contributed by atoms with Crippen LogP contribution in [0.3, 0.4) is 0 Å². The molecule has 0 bridgehead atoms. The van der Waals surface area contributed by atoms with Crippen molar-refractivity contribution in [2.45, 2.75) is 47.0 Å². The van der Waals surface area contributed by atoms with E-state index in [4.69, 9.17) is 9.15 Å². The van der Waals surface area contributed by atoms with E-state index in [0.717, 1.165) is 46.1 Å². The van der Waals surface area contributed by atoms with E-state index in [1.54, 1.807) is 12.2 Å². The smallest absolute Gasteiger partial charge is 0.360 e. The highest BCUT2D eigenvalue weighted by atomic mass is 79.9. The molecule has 5 rings (SSSR count). The van der Waals surface area contributed by atoms with Crippen LogP contribution in [0.15, 0.2) is 98.3 Å². The van der Waals surface area contributed by atoms with Crippen molar-refractivity contribution in [3.05, 3.63) is 132 Å². The zero-order chi connectivity index (χ0) is 32.1. The van der Waals surface area contributed by atoms with E-state index >= 15 is 0 Å². The van der Waals surface area contributed by atoms with Gasteiger partial charge in [0.2, 0.25) is 10.9 Å². The van der Waals surface area contributed by atoms with Gasteiger partial charge in [0.05, 0.1) is 27.5 Å². The van der Waals surface area contributed by atoms with Gasteiger partial charge in [0.1, 0.15) is 11.5 Å². The summed E-state index contributed by atoms with van der Waals surface area (Å²) in [7, 11) is 0. The number of hydrogen-bond acceptors (Lipinski definition) is 3. The highest BCUT2D eigenvalue weighted by Crippen LogP contribution is 2.38. The molecule has 1 aliphatic heterocycles. The molecule has 4 nitrogen and oxygen atoms in total. The molecule has 44 heavy (non-hydrogen) atoms. The third-order valence-electron chi connectivity index (χ3n) is 7.26. The van der Waals surface area contributed by atoms with E-state index in [1.807, 2.05) is 60.7 Å². The molecule has 0 aliphatic carbocycles. The van der Waals surface area contributed by atoms with Gasteiger partial charge in [-0.15, -0.1) is 0 Å².